The first-order valence-electron chi connectivity index (χ1n) is 7.51. The first-order chi connectivity index (χ1) is 8.74. The minimum Gasteiger partial charge on any atom is -0.395 e. The molecule has 2 N–H and O–H groups in total. The summed E-state index contributed by atoms with van der Waals surface area (Å²) in [5.41, 5.74) is 0. The third-order valence-electron chi connectivity index (χ3n) is 4.62. The fourth-order valence-corrected chi connectivity index (χ4v) is 3.68. The Labute approximate surface area is 111 Å². The van der Waals surface area contributed by atoms with E-state index in [0.29, 0.717) is 0 Å². The topological polar surface area (TPSA) is 38.7 Å². The molecule has 2 fully saturated rings. The Hall–Kier alpha value is -0.160. The summed E-state index contributed by atoms with van der Waals surface area (Å²) in [5.74, 6) is 0.846. The molecule has 2 aliphatic heterocycles. The second-order valence-electron chi connectivity index (χ2n) is 5.94. The normalized spacial score (nSPS) is 32.2. The van der Waals surface area contributed by atoms with Crippen LogP contribution in [0.5, 0.6) is 0 Å². The molecule has 0 aliphatic carbocycles. The maximum atomic E-state index is 9.36. The molecule has 0 aromatic heterocycles. The Morgan fingerprint density at radius 2 is 2.17 bits per heavy atom. The van der Waals surface area contributed by atoms with Crippen LogP contribution in [0.3, 0.4) is 0 Å². The van der Waals surface area contributed by atoms with Gasteiger partial charge in [-0.15, -0.1) is 0 Å². The first kappa shape index (κ1) is 14.3. The van der Waals surface area contributed by atoms with Gasteiger partial charge in [0.15, 0.2) is 0 Å². The lowest BCUT2D eigenvalue weighted by molar-refractivity contribution is 0.0318. The van der Waals surface area contributed by atoms with Gasteiger partial charge in [-0.3, -0.25) is 0 Å². The Bertz CT molecular complexity index is 249. The van der Waals surface area contributed by atoms with Crippen LogP contribution in [0.15, 0.2) is 0 Å². The lowest BCUT2D eigenvalue weighted by Crippen LogP contribution is -2.55. The third kappa shape index (κ3) is 3.44. The molecule has 2 rings (SSSR count). The van der Waals surface area contributed by atoms with Crippen molar-refractivity contribution >= 4 is 0 Å². The average molecular weight is 255 g/mol. The predicted octanol–water partition coefficient (Wildman–Crippen LogP) is 0.373. The van der Waals surface area contributed by atoms with Gasteiger partial charge in [-0.25, -0.2) is 0 Å². The number of fused-ring (bicyclic) bond motifs is 1. The van der Waals surface area contributed by atoms with E-state index in [-0.39, 0.29) is 12.6 Å². The molecule has 0 amide bonds. The van der Waals surface area contributed by atoms with E-state index in [1.54, 1.807) is 0 Å². The highest BCUT2D eigenvalue weighted by atomic mass is 16.3. The molecule has 2 saturated heterocycles. The SMILES string of the molecule is CCNC(CO)CN1CCC2C(CCCN2C)C1. The van der Waals surface area contributed by atoms with Gasteiger partial charge < -0.3 is 20.2 Å². The monoisotopic (exact) mass is 255 g/mol. The summed E-state index contributed by atoms with van der Waals surface area (Å²) in [5, 5.41) is 12.7. The van der Waals surface area contributed by atoms with Crippen LogP contribution in [-0.2, 0) is 0 Å². The largest absolute Gasteiger partial charge is 0.395 e. The van der Waals surface area contributed by atoms with Gasteiger partial charge in [-0.2, -0.15) is 0 Å². The van der Waals surface area contributed by atoms with Gasteiger partial charge in [0.05, 0.1) is 6.61 Å². The molecule has 4 nitrogen and oxygen atoms in total. The van der Waals surface area contributed by atoms with Gasteiger partial charge in [0.25, 0.3) is 0 Å². The maximum Gasteiger partial charge on any atom is 0.0597 e. The second kappa shape index (κ2) is 6.85. The van der Waals surface area contributed by atoms with Gasteiger partial charge in [0.2, 0.25) is 0 Å². The fourth-order valence-electron chi connectivity index (χ4n) is 3.68. The van der Waals surface area contributed by atoms with Crippen LogP contribution < -0.4 is 5.32 Å². The summed E-state index contributed by atoms with van der Waals surface area (Å²) < 4.78 is 0. The number of piperidine rings is 2. The molecule has 3 unspecified atom stereocenters. The van der Waals surface area contributed by atoms with E-state index in [9.17, 15) is 5.11 Å². The van der Waals surface area contributed by atoms with Crippen LogP contribution in [0.25, 0.3) is 0 Å². The number of nitrogens with one attached hydrogen (secondary N) is 1. The van der Waals surface area contributed by atoms with E-state index in [0.717, 1.165) is 25.0 Å². The quantitative estimate of drug-likeness (QED) is 0.745. The molecular formula is C14H29N3O. The summed E-state index contributed by atoms with van der Waals surface area (Å²) in [6.07, 6.45) is 4.03. The third-order valence-corrected chi connectivity index (χ3v) is 4.62. The van der Waals surface area contributed by atoms with Crippen molar-refractivity contribution < 1.29 is 5.11 Å². The van der Waals surface area contributed by atoms with Gasteiger partial charge in [-0.05, 0) is 51.9 Å². The minimum absolute atomic E-state index is 0.243. The van der Waals surface area contributed by atoms with Crippen molar-refractivity contribution in [2.45, 2.75) is 38.3 Å². The molecule has 0 radical (unpaired) electrons. The van der Waals surface area contributed by atoms with Crippen molar-refractivity contribution in [1.29, 1.82) is 0 Å². The zero-order valence-electron chi connectivity index (χ0n) is 11.9. The number of rotatable bonds is 5. The second-order valence-corrected chi connectivity index (χ2v) is 5.94. The van der Waals surface area contributed by atoms with Crippen molar-refractivity contribution in [2.75, 3.05) is 46.4 Å². The summed E-state index contributed by atoms with van der Waals surface area (Å²) in [7, 11) is 2.28. The highest BCUT2D eigenvalue weighted by Crippen LogP contribution is 2.29. The smallest absolute Gasteiger partial charge is 0.0597 e. The van der Waals surface area contributed by atoms with Crippen molar-refractivity contribution in [3.63, 3.8) is 0 Å². The number of hydrogen-bond donors (Lipinski definition) is 2. The van der Waals surface area contributed by atoms with Crippen molar-refractivity contribution in [2.24, 2.45) is 5.92 Å². The standard InChI is InChI=1S/C14H29N3O/c1-3-15-13(11-18)10-17-8-6-14-12(9-17)5-4-7-16(14)2/h12-15,18H,3-11H2,1-2H3. The zero-order valence-corrected chi connectivity index (χ0v) is 11.9. The molecule has 0 aromatic carbocycles. The number of aliphatic hydroxyl groups excluding tert-OH is 1. The van der Waals surface area contributed by atoms with Crippen molar-refractivity contribution in [3.05, 3.63) is 0 Å². The molecule has 18 heavy (non-hydrogen) atoms. The number of aliphatic hydroxyl groups is 1. The molecule has 0 spiro atoms. The zero-order chi connectivity index (χ0) is 13.0. The highest BCUT2D eigenvalue weighted by molar-refractivity contribution is 4.90. The van der Waals surface area contributed by atoms with Gasteiger partial charge >= 0.3 is 0 Å². The Kier molecular flexibility index (Phi) is 5.42. The van der Waals surface area contributed by atoms with Gasteiger partial charge in [0.1, 0.15) is 0 Å². The summed E-state index contributed by atoms with van der Waals surface area (Å²) >= 11 is 0. The molecule has 0 saturated carbocycles. The van der Waals surface area contributed by atoms with Gasteiger partial charge in [-0.1, -0.05) is 6.92 Å². The molecule has 4 heteroatoms. The van der Waals surface area contributed by atoms with Crippen molar-refractivity contribution in [1.82, 2.24) is 15.1 Å². The number of likely N-dealkylation sites (N-methyl/N-ethyl adjacent to an activating group) is 1. The first-order valence-corrected chi connectivity index (χ1v) is 7.51. The molecule has 106 valence electrons. The fraction of sp³-hybridized carbons (Fsp3) is 1.00. The van der Waals surface area contributed by atoms with E-state index >= 15 is 0 Å². The minimum atomic E-state index is 0.243. The van der Waals surface area contributed by atoms with E-state index in [2.05, 4.69) is 29.1 Å². The molecule has 0 aromatic rings. The number of likely N-dealkylation sites (tertiary alicyclic amines) is 2. The Morgan fingerprint density at radius 1 is 1.33 bits per heavy atom. The maximum absolute atomic E-state index is 9.36. The molecule has 0 bridgehead atoms. The lowest BCUT2D eigenvalue weighted by Gasteiger charge is -2.46. The van der Waals surface area contributed by atoms with Crippen LogP contribution >= 0.6 is 0 Å². The van der Waals surface area contributed by atoms with E-state index < -0.39 is 0 Å². The summed E-state index contributed by atoms with van der Waals surface area (Å²) in [4.78, 5) is 5.10. The van der Waals surface area contributed by atoms with Crippen LogP contribution in [0.4, 0.5) is 0 Å². The van der Waals surface area contributed by atoms with Crippen LogP contribution in [0.1, 0.15) is 26.2 Å². The Balaban J connectivity index is 1.82. The van der Waals surface area contributed by atoms with E-state index in [1.807, 2.05) is 0 Å². The van der Waals surface area contributed by atoms with Crippen molar-refractivity contribution in [3.8, 4) is 0 Å². The van der Waals surface area contributed by atoms with Gasteiger partial charge in [0, 0.05) is 25.2 Å². The summed E-state index contributed by atoms with van der Waals surface area (Å²) in [6.45, 7) is 7.97. The number of nitrogens with zero attached hydrogens (tertiary/aromatic N) is 2. The summed E-state index contributed by atoms with van der Waals surface area (Å²) in [6, 6.07) is 1.05. The predicted molar refractivity (Wildman–Crippen MR) is 74.7 cm³/mol. The average Bonchev–Trinajstić information content (AvgIpc) is 2.38. The number of hydrogen-bond acceptors (Lipinski definition) is 4. The Morgan fingerprint density at radius 3 is 2.89 bits per heavy atom. The lowest BCUT2D eigenvalue weighted by atomic mass is 9.84. The molecule has 2 heterocycles. The highest BCUT2D eigenvalue weighted by Gasteiger charge is 2.34. The van der Waals surface area contributed by atoms with Crippen LogP contribution in [0, 0.1) is 5.92 Å². The molecule has 3 atom stereocenters. The molecule has 2 aliphatic rings. The van der Waals surface area contributed by atoms with Crippen LogP contribution in [-0.4, -0.2) is 73.4 Å². The van der Waals surface area contributed by atoms with Crippen LogP contribution in [0.2, 0.25) is 0 Å². The van der Waals surface area contributed by atoms with E-state index in [4.69, 9.17) is 0 Å². The van der Waals surface area contributed by atoms with E-state index in [1.165, 1.54) is 38.9 Å². The molecular weight excluding hydrogens is 226 g/mol.